The number of hydrogen-bond donors (Lipinski definition) is 2. The average Bonchev–Trinajstić information content (AvgIpc) is 2.58. The van der Waals surface area contributed by atoms with Gasteiger partial charge < -0.3 is 15.4 Å². The molecule has 0 fully saturated rings. The molecule has 25 heavy (non-hydrogen) atoms. The molecule has 2 rings (SSSR count). The molecule has 3 nitrogen and oxygen atoms in total. The monoisotopic (exact) mass is 400 g/mol. The van der Waals surface area contributed by atoms with Crippen LogP contribution in [0.5, 0.6) is 5.75 Å². The topological polar surface area (TPSA) is 33.3 Å². The minimum Gasteiger partial charge on any atom is -0.489 e. The summed E-state index contributed by atoms with van der Waals surface area (Å²) in [5, 5.41) is 8.64. The maximum atomic E-state index is 6.20. The highest BCUT2D eigenvalue weighted by molar-refractivity contribution is 6.35. The van der Waals surface area contributed by atoms with Crippen molar-refractivity contribution >= 4 is 34.8 Å². The Morgan fingerprint density at radius 2 is 1.60 bits per heavy atom. The van der Waals surface area contributed by atoms with Crippen molar-refractivity contribution in [2.75, 3.05) is 19.6 Å². The van der Waals surface area contributed by atoms with Crippen LogP contribution in [0.2, 0.25) is 15.1 Å². The van der Waals surface area contributed by atoms with E-state index < -0.39 is 0 Å². The lowest BCUT2D eigenvalue weighted by Gasteiger charge is -2.14. The summed E-state index contributed by atoms with van der Waals surface area (Å²) in [4.78, 5) is 0. The zero-order valence-electron chi connectivity index (χ0n) is 14.2. The van der Waals surface area contributed by atoms with E-state index >= 15 is 0 Å². The van der Waals surface area contributed by atoms with Gasteiger partial charge in [0, 0.05) is 32.7 Å². The van der Waals surface area contributed by atoms with E-state index in [1.165, 1.54) is 0 Å². The molecule has 6 heteroatoms. The minimum absolute atomic E-state index is 0.380. The Labute approximate surface area is 164 Å². The molecule has 0 aliphatic heterocycles. The second-order valence-electron chi connectivity index (χ2n) is 5.66. The SMILES string of the molecule is CCNCCCNCc1cc(Cl)ccc1OCc1ccc(Cl)cc1Cl. The molecule has 0 spiro atoms. The molecule has 0 radical (unpaired) electrons. The Kier molecular flexibility index (Phi) is 8.87. The van der Waals surface area contributed by atoms with Gasteiger partial charge in [-0.15, -0.1) is 0 Å². The van der Waals surface area contributed by atoms with Gasteiger partial charge in [-0.3, -0.25) is 0 Å². The third-order valence-corrected chi connectivity index (χ3v) is 4.52. The molecule has 0 atom stereocenters. The summed E-state index contributed by atoms with van der Waals surface area (Å²) in [5.41, 5.74) is 1.92. The van der Waals surface area contributed by atoms with Gasteiger partial charge in [0.25, 0.3) is 0 Å². The average molecular weight is 402 g/mol. The van der Waals surface area contributed by atoms with Crippen molar-refractivity contribution < 1.29 is 4.74 Å². The summed E-state index contributed by atoms with van der Waals surface area (Å²) in [6.07, 6.45) is 1.07. The third-order valence-electron chi connectivity index (χ3n) is 3.69. The maximum Gasteiger partial charge on any atom is 0.124 e. The predicted octanol–water partition coefficient (Wildman–Crippen LogP) is 5.32. The maximum absolute atomic E-state index is 6.20. The molecule has 2 N–H and O–H groups in total. The lowest BCUT2D eigenvalue weighted by Crippen LogP contribution is -2.21. The van der Waals surface area contributed by atoms with E-state index in [-0.39, 0.29) is 0 Å². The number of ether oxygens (including phenoxy) is 1. The van der Waals surface area contributed by atoms with Crippen molar-refractivity contribution in [3.05, 3.63) is 62.6 Å². The summed E-state index contributed by atoms with van der Waals surface area (Å²) in [5.74, 6) is 0.801. The highest BCUT2D eigenvalue weighted by atomic mass is 35.5. The highest BCUT2D eigenvalue weighted by Crippen LogP contribution is 2.26. The smallest absolute Gasteiger partial charge is 0.124 e. The molecule has 0 bridgehead atoms. The fourth-order valence-electron chi connectivity index (χ4n) is 2.36. The Balaban J connectivity index is 1.93. The lowest BCUT2D eigenvalue weighted by molar-refractivity contribution is 0.302. The van der Waals surface area contributed by atoms with Crippen molar-refractivity contribution in [3.63, 3.8) is 0 Å². The molecule has 0 unspecified atom stereocenters. The van der Waals surface area contributed by atoms with E-state index in [2.05, 4.69) is 17.6 Å². The Bertz CT molecular complexity index is 680. The summed E-state index contributed by atoms with van der Waals surface area (Å²) in [6.45, 7) is 6.14. The predicted molar refractivity (Wildman–Crippen MR) is 107 cm³/mol. The molecule has 0 heterocycles. The fraction of sp³-hybridized carbons (Fsp3) is 0.368. The van der Waals surface area contributed by atoms with Gasteiger partial charge in [-0.25, -0.2) is 0 Å². The van der Waals surface area contributed by atoms with E-state index in [1.54, 1.807) is 12.1 Å². The minimum atomic E-state index is 0.380. The molecular weight excluding hydrogens is 379 g/mol. The van der Waals surface area contributed by atoms with Crippen LogP contribution in [0.15, 0.2) is 36.4 Å². The first kappa shape index (κ1) is 20.3. The van der Waals surface area contributed by atoms with Gasteiger partial charge in [-0.05, 0) is 56.4 Å². The quantitative estimate of drug-likeness (QED) is 0.529. The van der Waals surface area contributed by atoms with Crippen molar-refractivity contribution in [3.8, 4) is 5.75 Å². The lowest BCUT2D eigenvalue weighted by atomic mass is 10.2. The first-order chi connectivity index (χ1) is 12.1. The Morgan fingerprint density at radius 1 is 0.880 bits per heavy atom. The van der Waals surface area contributed by atoms with Gasteiger partial charge in [0.2, 0.25) is 0 Å². The van der Waals surface area contributed by atoms with Crippen LogP contribution < -0.4 is 15.4 Å². The molecule has 0 aliphatic carbocycles. The summed E-state index contributed by atoms with van der Waals surface area (Å²) < 4.78 is 5.96. The van der Waals surface area contributed by atoms with Gasteiger partial charge in [0.05, 0.1) is 0 Å². The van der Waals surface area contributed by atoms with Crippen LogP contribution in [0.4, 0.5) is 0 Å². The molecule has 2 aromatic carbocycles. The van der Waals surface area contributed by atoms with Crippen LogP contribution in [0.3, 0.4) is 0 Å². The van der Waals surface area contributed by atoms with Crippen molar-refractivity contribution in [2.45, 2.75) is 26.5 Å². The first-order valence-electron chi connectivity index (χ1n) is 8.36. The van der Waals surface area contributed by atoms with Crippen molar-refractivity contribution in [2.24, 2.45) is 0 Å². The van der Waals surface area contributed by atoms with Crippen LogP contribution in [-0.2, 0) is 13.2 Å². The Hall–Kier alpha value is -0.970. The zero-order chi connectivity index (χ0) is 18.1. The second-order valence-corrected chi connectivity index (χ2v) is 6.94. The summed E-state index contributed by atoms with van der Waals surface area (Å²) in [6, 6.07) is 11.0. The van der Waals surface area contributed by atoms with Gasteiger partial charge in [0.1, 0.15) is 12.4 Å². The number of nitrogens with one attached hydrogen (secondary N) is 2. The molecule has 136 valence electrons. The molecule has 0 aromatic heterocycles. The van der Waals surface area contributed by atoms with Crippen molar-refractivity contribution in [1.82, 2.24) is 10.6 Å². The van der Waals surface area contributed by atoms with Gasteiger partial charge in [-0.2, -0.15) is 0 Å². The van der Waals surface area contributed by atoms with Crippen LogP contribution in [0.1, 0.15) is 24.5 Å². The third kappa shape index (κ3) is 7.04. The van der Waals surface area contributed by atoms with Crippen LogP contribution in [-0.4, -0.2) is 19.6 Å². The Morgan fingerprint density at radius 3 is 2.36 bits per heavy atom. The molecule has 0 amide bonds. The number of benzene rings is 2. The van der Waals surface area contributed by atoms with E-state index in [4.69, 9.17) is 39.5 Å². The first-order valence-corrected chi connectivity index (χ1v) is 9.50. The van der Waals surface area contributed by atoms with Crippen LogP contribution in [0.25, 0.3) is 0 Å². The standard InChI is InChI=1S/C19H23Cl3N2O/c1-2-23-8-3-9-24-12-15-10-16(20)6-7-19(15)25-13-14-4-5-17(21)11-18(14)22/h4-7,10-11,23-24H,2-3,8-9,12-13H2,1H3. The molecular formula is C19H23Cl3N2O. The largest absolute Gasteiger partial charge is 0.489 e. The van der Waals surface area contributed by atoms with Crippen molar-refractivity contribution in [1.29, 1.82) is 0 Å². The number of halogens is 3. The van der Waals surface area contributed by atoms with Crippen LogP contribution >= 0.6 is 34.8 Å². The number of rotatable bonds is 10. The van der Waals surface area contributed by atoms with Gasteiger partial charge in [-0.1, -0.05) is 47.8 Å². The second kappa shape index (κ2) is 10.9. The zero-order valence-corrected chi connectivity index (χ0v) is 16.5. The van der Waals surface area contributed by atoms with E-state index in [0.717, 1.165) is 42.9 Å². The highest BCUT2D eigenvalue weighted by Gasteiger charge is 2.07. The normalized spacial score (nSPS) is 10.9. The number of hydrogen-bond acceptors (Lipinski definition) is 3. The summed E-state index contributed by atoms with van der Waals surface area (Å²) in [7, 11) is 0. The molecule has 0 saturated carbocycles. The van der Waals surface area contributed by atoms with E-state index in [9.17, 15) is 0 Å². The van der Waals surface area contributed by atoms with Gasteiger partial charge >= 0.3 is 0 Å². The van der Waals surface area contributed by atoms with Crippen LogP contribution in [0, 0.1) is 0 Å². The molecule has 0 saturated heterocycles. The van der Waals surface area contributed by atoms with E-state index in [1.807, 2.05) is 24.3 Å². The van der Waals surface area contributed by atoms with E-state index in [0.29, 0.717) is 28.2 Å². The molecule has 0 aliphatic rings. The van der Waals surface area contributed by atoms with Gasteiger partial charge in [0.15, 0.2) is 0 Å². The summed E-state index contributed by atoms with van der Waals surface area (Å²) >= 11 is 18.3. The molecule has 2 aromatic rings. The fourth-order valence-corrected chi connectivity index (χ4v) is 3.02.